The van der Waals surface area contributed by atoms with Crippen LogP contribution in [0.25, 0.3) is 0 Å². The van der Waals surface area contributed by atoms with Gasteiger partial charge in [0.05, 0.1) is 6.21 Å². The van der Waals surface area contributed by atoms with Crippen LogP contribution >= 0.6 is 0 Å². The summed E-state index contributed by atoms with van der Waals surface area (Å²) in [5.74, 6) is 0. The molecule has 2 aromatic rings. The fraction of sp³-hybridized carbons (Fsp3) is 0.188. The van der Waals surface area contributed by atoms with Gasteiger partial charge in [-0.2, -0.15) is 0 Å². The van der Waals surface area contributed by atoms with Crippen LogP contribution in [0.15, 0.2) is 53.7 Å². The highest BCUT2D eigenvalue weighted by molar-refractivity contribution is 5.81. The molecule has 0 atom stereocenters. The number of aryl methyl sites for hydroxylation is 2. The molecule has 2 aromatic carbocycles. The van der Waals surface area contributed by atoms with Crippen LogP contribution in [0.2, 0.25) is 0 Å². The van der Waals surface area contributed by atoms with Crippen LogP contribution < -0.4 is 0 Å². The van der Waals surface area contributed by atoms with Gasteiger partial charge >= 0.3 is 0 Å². The van der Waals surface area contributed by atoms with E-state index in [0.717, 1.165) is 11.1 Å². The van der Waals surface area contributed by atoms with Crippen LogP contribution in [-0.4, -0.2) is 6.21 Å². The summed E-state index contributed by atoms with van der Waals surface area (Å²) >= 11 is 0. The molecule has 0 heterocycles. The van der Waals surface area contributed by atoms with E-state index in [4.69, 9.17) is 4.84 Å². The molecule has 0 aliphatic carbocycles. The zero-order valence-corrected chi connectivity index (χ0v) is 10.8. The Morgan fingerprint density at radius 1 is 1.06 bits per heavy atom. The van der Waals surface area contributed by atoms with Gasteiger partial charge in [0, 0.05) is 0 Å². The molecule has 0 aromatic heterocycles. The Morgan fingerprint density at radius 3 is 2.67 bits per heavy atom. The number of oxime groups is 1. The molecule has 2 nitrogen and oxygen atoms in total. The summed E-state index contributed by atoms with van der Waals surface area (Å²) in [4.78, 5) is 5.30. The smallest absolute Gasteiger partial charge is 0.142 e. The number of rotatable bonds is 4. The Hall–Kier alpha value is -2.09. The minimum absolute atomic E-state index is 0.504. The van der Waals surface area contributed by atoms with Gasteiger partial charge in [-0.05, 0) is 30.5 Å². The third kappa shape index (κ3) is 3.45. The summed E-state index contributed by atoms with van der Waals surface area (Å²) in [5, 5.41) is 4.00. The van der Waals surface area contributed by atoms with E-state index in [1.807, 2.05) is 30.3 Å². The zero-order chi connectivity index (χ0) is 12.8. The van der Waals surface area contributed by atoms with E-state index in [9.17, 15) is 0 Å². The number of nitrogens with zero attached hydrogens (tertiary/aromatic N) is 1. The quantitative estimate of drug-likeness (QED) is 0.586. The molecule has 0 fully saturated rings. The molecule has 0 amide bonds. The van der Waals surface area contributed by atoms with Gasteiger partial charge in [0.2, 0.25) is 0 Å². The molecule has 0 saturated carbocycles. The van der Waals surface area contributed by atoms with Crippen molar-refractivity contribution in [3.63, 3.8) is 0 Å². The van der Waals surface area contributed by atoms with Crippen molar-refractivity contribution >= 4 is 6.21 Å². The minimum Gasteiger partial charge on any atom is -0.391 e. The van der Waals surface area contributed by atoms with Crippen LogP contribution in [-0.2, 0) is 11.4 Å². The second-order valence-corrected chi connectivity index (χ2v) is 4.35. The van der Waals surface area contributed by atoms with Crippen LogP contribution in [0.3, 0.4) is 0 Å². The van der Waals surface area contributed by atoms with Gasteiger partial charge in [-0.1, -0.05) is 59.3 Å². The lowest BCUT2D eigenvalue weighted by atomic mass is 10.1. The first-order chi connectivity index (χ1) is 8.75. The highest BCUT2D eigenvalue weighted by Crippen LogP contribution is 2.06. The molecule has 0 saturated heterocycles. The zero-order valence-electron chi connectivity index (χ0n) is 10.8. The second-order valence-electron chi connectivity index (χ2n) is 4.35. The molecular weight excluding hydrogens is 222 g/mol. The maximum absolute atomic E-state index is 5.30. The highest BCUT2D eigenvalue weighted by Gasteiger charge is 1.94. The van der Waals surface area contributed by atoms with Crippen molar-refractivity contribution < 1.29 is 4.84 Å². The van der Waals surface area contributed by atoms with Crippen molar-refractivity contribution in [2.45, 2.75) is 20.5 Å². The van der Waals surface area contributed by atoms with Crippen LogP contribution in [0.4, 0.5) is 0 Å². The lowest BCUT2D eigenvalue weighted by molar-refractivity contribution is 0.132. The van der Waals surface area contributed by atoms with E-state index in [1.54, 1.807) is 6.21 Å². The van der Waals surface area contributed by atoms with Gasteiger partial charge in [-0.25, -0.2) is 0 Å². The van der Waals surface area contributed by atoms with Gasteiger partial charge in [0.1, 0.15) is 6.61 Å². The fourth-order valence-corrected chi connectivity index (χ4v) is 1.74. The van der Waals surface area contributed by atoms with E-state index < -0.39 is 0 Å². The first-order valence-corrected chi connectivity index (χ1v) is 6.02. The van der Waals surface area contributed by atoms with Gasteiger partial charge in [-0.15, -0.1) is 0 Å². The normalized spacial score (nSPS) is 10.8. The summed E-state index contributed by atoms with van der Waals surface area (Å²) in [6.45, 7) is 4.63. The SMILES string of the molecule is Cc1cccc(CON=Cc2ccccc2C)c1. The summed E-state index contributed by atoms with van der Waals surface area (Å²) in [5.41, 5.74) is 4.65. The van der Waals surface area contributed by atoms with Crippen molar-refractivity contribution in [1.29, 1.82) is 0 Å². The number of hydrogen-bond donors (Lipinski definition) is 0. The van der Waals surface area contributed by atoms with Crippen molar-refractivity contribution in [2.24, 2.45) is 5.16 Å². The predicted molar refractivity (Wildman–Crippen MR) is 74.7 cm³/mol. The van der Waals surface area contributed by atoms with Crippen LogP contribution in [0, 0.1) is 13.8 Å². The molecule has 0 spiro atoms. The van der Waals surface area contributed by atoms with Gasteiger partial charge in [0.25, 0.3) is 0 Å². The predicted octanol–water partition coefficient (Wildman–Crippen LogP) is 3.85. The van der Waals surface area contributed by atoms with Crippen molar-refractivity contribution in [2.75, 3.05) is 0 Å². The van der Waals surface area contributed by atoms with E-state index in [0.29, 0.717) is 6.61 Å². The molecular formula is C16H17NO. The Bertz CT molecular complexity index is 546. The Morgan fingerprint density at radius 2 is 1.89 bits per heavy atom. The minimum atomic E-state index is 0.504. The maximum Gasteiger partial charge on any atom is 0.142 e. The Balaban J connectivity index is 1.91. The van der Waals surface area contributed by atoms with Gasteiger partial charge < -0.3 is 4.84 Å². The topological polar surface area (TPSA) is 21.6 Å². The van der Waals surface area contributed by atoms with Crippen molar-refractivity contribution in [3.8, 4) is 0 Å². The number of hydrogen-bond acceptors (Lipinski definition) is 2. The highest BCUT2D eigenvalue weighted by atomic mass is 16.6. The molecule has 0 bridgehead atoms. The molecule has 18 heavy (non-hydrogen) atoms. The molecule has 0 aliphatic heterocycles. The lowest BCUT2D eigenvalue weighted by Crippen LogP contribution is -1.90. The summed E-state index contributed by atoms with van der Waals surface area (Å²) in [7, 11) is 0. The van der Waals surface area contributed by atoms with Crippen LogP contribution in [0.1, 0.15) is 22.3 Å². The average Bonchev–Trinajstić information content (AvgIpc) is 2.37. The van der Waals surface area contributed by atoms with Crippen LogP contribution in [0.5, 0.6) is 0 Å². The average molecular weight is 239 g/mol. The van der Waals surface area contributed by atoms with E-state index >= 15 is 0 Å². The molecule has 92 valence electrons. The van der Waals surface area contributed by atoms with Gasteiger partial charge in [-0.3, -0.25) is 0 Å². The summed E-state index contributed by atoms with van der Waals surface area (Å²) in [6, 6.07) is 16.3. The molecule has 0 unspecified atom stereocenters. The largest absolute Gasteiger partial charge is 0.391 e. The monoisotopic (exact) mass is 239 g/mol. The molecule has 0 radical (unpaired) electrons. The Kier molecular flexibility index (Phi) is 4.13. The lowest BCUT2D eigenvalue weighted by Gasteiger charge is -2.01. The fourth-order valence-electron chi connectivity index (χ4n) is 1.74. The van der Waals surface area contributed by atoms with E-state index in [-0.39, 0.29) is 0 Å². The van der Waals surface area contributed by atoms with E-state index in [2.05, 4.69) is 37.2 Å². The molecule has 2 rings (SSSR count). The van der Waals surface area contributed by atoms with Gasteiger partial charge in [0.15, 0.2) is 0 Å². The van der Waals surface area contributed by atoms with Crippen molar-refractivity contribution in [3.05, 3.63) is 70.8 Å². The third-order valence-corrected chi connectivity index (χ3v) is 2.77. The summed E-state index contributed by atoms with van der Waals surface area (Å²) < 4.78 is 0. The summed E-state index contributed by atoms with van der Waals surface area (Å²) in [6.07, 6.45) is 1.76. The standard InChI is InChI=1S/C16H17NO/c1-13-6-5-8-15(10-13)12-18-17-11-16-9-4-3-7-14(16)2/h3-11H,12H2,1-2H3. The maximum atomic E-state index is 5.30. The first kappa shape index (κ1) is 12.4. The third-order valence-electron chi connectivity index (χ3n) is 2.77. The first-order valence-electron chi connectivity index (χ1n) is 6.02. The van der Waals surface area contributed by atoms with Crippen molar-refractivity contribution in [1.82, 2.24) is 0 Å². The molecule has 0 aliphatic rings. The van der Waals surface area contributed by atoms with E-state index in [1.165, 1.54) is 11.1 Å². The Labute approximate surface area is 108 Å². The number of benzene rings is 2. The second kappa shape index (κ2) is 6.01. The molecule has 0 N–H and O–H groups in total. The molecule has 2 heteroatoms.